The summed E-state index contributed by atoms with van der Waals surface area (Å²) in [5.41, 5.74) is 2.50. The van der Waals surface area contributed by atoms with Gasteiger partial charge in [-0.3, -0.25) is 0 Å². The second-order valence-corrected chi connectivity index (χ2v) is 5.90. The lowest BCUT2D eigenvalue weighted by Crippen LogP contribution is -2.46. The van der Waals surface area contributed by atoms with Gasteiger partial charge in [-0.1, -0.05) is 36.8 Å². The van der Waals surface area contributed by atoms with Crippen molar-refractivity contribution in [3.63, 3.8) is 0 Å². The molecule has 23 heavy (non-hydrogen) atoms. The average Bonchev–Trinajstić information content (AvgIpc) is 2.61. The van der Waals surface area contributed by atoms with E-state index in [-0.39, 0.29) is 0 Å². The van der Waals surface area contributed by atoms with Gasteiger partial charge in [0.15, 0.2) is 5.82 Å². The fourth-order valence-corrected chi connectivity index (χ4v) is 2.68. The number of piperazine rings is 1. The number of aryl methyl sites for hydroxylation is 1. The normalized spacial score (nSPS) is 15.7. The molecule has 0 atom stereocenters. The third kappa shape index (κ3) is 4.16. The van der Waals surface area contributed by atoms with Crippen LogP contribution in [0.4, 0.5) is 11.8 Å². The van der Waals surface area contributed by atoms with E-state index in [0.29, 0.717) is 0 Å². The molecule has 1 aromatic carbocycles. The summed E-state index contributed by atoms with van der Waals surface area (Å²) in [6.07, 6.45) is 1.68. The van der Waals surface area contributed by atoms with Crippen LogP contribution in [0.1, 0.15) is 18.1 Å². The number of anilines is 2. The van der Waals surface area contributed by atoms with Gasteiger partial charge in [0.2, 0.25) is 5.95 Å². The quantitative estimate of drug-likeness (QED) is 0.910. The summed E-state index contributed by atoms with van der Waals surface area (Å²) in [5.74, 6) is 1.49. The lowest BCUT2D eigenvalue weighted by molar-refractivity contribution is 0.269. The van der Waals surface area contributed by atoms with Crippen LogP contribution in [0, 0.1) is 6.92 Å². The Morgan fingerprint density at radius 3 is 2.52 bits per heavy atom. The maximum Gasteiger partial charge on any atom is 0.247 e. The van der Waals surface area contributed by atoms with Crippen molar-refractivity contribution in [3.8, 4) is 0 Å². The van der Waals surface area contributed by atoms with Crippen molar-refractivity contribution in [2.45, 2.75) is 20.4 Å². The minimum absolute atomic E-state index is 0.717. The first-order valence-electron chi connectivity index (χ1n) is 8.21. The first kappa shape index (κ1) is 15.7. The molecule has 0 radical (unpaired) electrons. The molecular weight excluding hydrogens is 288 g/mol. The lowest BCUT2D eigenvalue weighted by atomic mass is 10.1. The molecule has 0 spiro atoms. The molecule has 0 amide bonds. The van der Waals surface area contributed by atoms with Gasteiger partial charge in [-0.15, -0.1) is 5.10 Å². The smallest absolute Gasteiger partial charge is 0.247 e. The van der Waals surface area contributed by atoms with Crippen molar-refractivity contribution in [2.75, 3.05) is 42.9 Å². The number of nitrogens with zero attached hydrogens (tertiary/aromatic N) is 5. The van der Waals surface area contributed by atoms with Gasteiger partial charge in [-0.05, 0) is 19.0 Å². The van der Waals surface area contributed by atoms with Crippen LogP contribution in [0.5, 0.6) is 0 Å². The van der Waals surface area contributed by atoms with E-state index in [2.05, 4.69) is 68.4 Å². The summed E-state index contributed by atoms with van der Waals surface area (Å²) in [7, 11) is 0. The van der Waals surface area contributed by atoms with Crippen LogP contribution in [0.2, 0.25) is 0 Å². The Kier molecular flexibility index (Phi) is 5.02. The fourth-order valence-electron chi connectivity index (χ4n) is 2.68. The second-order valence-electron chi connectivity index (χ2n) is 5.90. The van der Waals surface area contributed by atoms with Gasteiger partial charge in [0.05, 0.1) is 6.20 Å². The van der Waals surface area contributed by atoms with E-state index in [9.17, 15) is 0 Å². The van der Waals surface area contributed by atoms with E-state index in [1.165, 1.54) is 11.1 Å². The second kappa shape index (κ2) is 7.37. The number of hydrogen-bond acceptors (Lipinski definition) is 6. The molecule has 122 valence electrons. The van der Waals surface area contributed by atoms with Crippen LogP contribution < -0.4 is 10.2 Å². The number of likely N-dealkylation sites (N-methyl/N-ethyl adjacent to an activating group) is 1. The van der Waals surface area contributed by atoms with Crippen LogP contribution in [0.25, 0.3) is 0 Å². The molecule has 1 saturated heterocycles. The van der Waals surface area contributed by atoms with Gasteiger partial charge in [0, 0.05) is 32.7 Å². The van der Waals surface area contributed by atoms with E-state index >= 15 is 0 Å². The summed E-state index contributed by atoms with van der Waals surface area (Å²) in [6, 6.07) is 8.49. The third-order valence-electron chi connectivity index (χ3n) is 4.24. The van der Waals surface area contributed by atoms with Gasteiger partial charge in [0.1, 0.15) is 0 Å². The van der Waals surface area contributed by atoms with Crippen LogP contribution in [0.3, 0.4) is 0 Å². The van der Waals surface area contributed by atoms with Crippen LogP contribution in [-0.2, 0) is 6.54 Å². The highest BCUT2D eigenvalue weighted by Crippen LogP contribution is 2.13. The Labute approximate surface area is 137 Å². The fraction of sp³-hybridized carbons (Fsp3) is 0.471. The van der Waals surface area contributed by atoms with E-state index in [1.807, 2.05) is 0 Å². The monoisotopic (exact) mass is 312 g/mol. The first-order valence-corrected chi connectivity index (χ1v) is 8.21. The molecule has 6 heteroatoms. The standard InChI is InChI=1S/C17H24N6/c1-3-22-8-10-23(11-9-22)17-20-16(13-19-21-17)18-12-15-6-4-14(2)5-7-15/h4-7,13H,3,8-12H2,1-2H3,(H,18,20,21). The Morgan fingerprint density at radius 2 is 1.83 bits per heavy atom. The highest BCUT2D eigenvalue weighted by atomic mass is 15.4. The third-order valence-corrected chi connectivity index (χ3v) is 4.24. The van der Waals surface area contributed by atoms with Crippen molar-refractivity contribution in [1.29, 1.82) is 0 Å². The maximum atomic E-state index is 4.60. The maximum absolute atomic E-state index is 4.60. The van der Waals surface area contributed by atoms with Crippen LogP contribution in [-0.4, -0.2) is 52.8 Å². The van der Waals surface area contributed by atoms with Gasteiger partial charge in [-0.25, -0.2) is 0 Å². The predicted molar refractivity (Wildman–Crippen MR) is 92.7 cm³/mol. The summed E-state index contributed by atoms with van der Waals surface area (Å²) in [5, 5.41) is 11.6. The molecule has 1 fully saturated rings. The Hall–Kier alpha value is -2.21. The van der Waals surface area contributed by atoms with Crippen molar-refractivity contribution < 1.29 is 0 Å². The van der Waals surface area contributed by atoms with Gasteiger partial charge in [0.25, 0.3) is 0 Å². The number of rotatable bonds is 5. The van der Waals surface area contributed by atoms with E-state index in [1.54, 1.807) is 6.20 Å². The zero-order valence-electron chi connectivity index (χ0n) is 13.9. The van der Waals surface area contributed by atoms with Crippen molar-refractivity contribution >= 4 is 11.8 Å². The first-order chi connectivity index (χ1) is 11.2. The molecule has 6 nitrogen and oxygen atoms in total. The molecular formula is C17H24N6. The lowest BCUT2D eigenvalue weighted by Gasteiger charge is -2.33. The predicted octanol–water partition coefficient (Wildman–Crippen LogP) is 1.93. The number of aromatic nitrogens is 3. The van der Waals surface area contributed by atoms with Crippen LogP contribution in [0.15, 0.2) is 30.5 Å². The van der Waals surface area contributed by atoms with Gasteiger partial charge in [-0.2, -0.15) is 10.1 Å². The number of benzene rings is 1. The molecule has 1 N–H and O–H groups in total. The van der Waals surface area contributed by atoms with Crippen molar-refractivity contribution in [3.05, 3.63) is 41.6 Å². The minimum Gasteiger partial charge on any atom is -0.365 e. The topological polar surface area (TPSA) is 57.2 Å². The zero-order chi connectivity index (χ0) is 16.1. The summed E-state index contributed by atoms with van der Waals surface area (Å²) in [6.45, 7) is 10.2. The Morgan fingerprint density at radius 1 is 1.09 bits per heavy atom. The molecule has 1 aromatic heterocycles. The summed E-state index contributed by atoms with van der Waals surface area (Å²) < 4.78 is 0. The highest BCUT2D eigenvalue weighted by Gasteiger charge is 2.18. The van der Waals surface area contributed by atoms with Gasteiger partial charge < -0.3 is 15.1 Å². The summed E-state index contributed by atoms with van der Waals surface area (Å²) in [4.78, 5) is 9.24. The van der Waals surface area contributed by atoms with E-state index in [0.717, 1.165) is 51.0 Å². The molecule has 2 aromatic rings. The average molecular weight is 312 g/mol. The Balaban J connectivity index is 1.60. The minimum atomic E-state index is 0.717. The Bertz CT molecular complexity index is 619. The molecule has 1 aliphatic heterocycles. The molecule has 0 aliphatic carbocycles. The molecule has 0 saturated carbocycles. The van der Waals surface area contributed by atoms with Crippen LogP contribution >= 0.6 is 0 Å². The van der Waals surface area contributed by atoms with Crippen molar-refractivity contribution in [2.24, 2.45) is 0 Å². The zero-order valence-corrected chi connectivity index (χ0v) is 13.9. The van der Waals surface area contributed by atoms with Gasteiger partial charge >= 0.3 is 0 Å². The highest BCUT2D eigenvalue weighted by molar-refractivity contribution is 5.40. The molecule has 3 rings (SSSR count). The number of hydrogen-bond donors (Lipinski definition) is 1. The molecule has 0 bridgehead atoms. The van der Waals surface area contributed by atoms with Crippen molar-refractivity contribution in [1.82, 2.24) is 20.1 Å². The molecule has 2 heterocycles. The SMILES string of the molecule is CCN1CCN(c2nncc(NCc3ccc(C)cc3)n2)CC1. The van der Waals surface area contributed by atoms with E-state index < -0.39 is 0 Å². The molecule has 0 unspecified atom stereocenters. The largest absolute Gasteiger partial charge is 0.365 e. The molecule has 1 aliphatic rings. The number of nitrogens with one attached hydrogen (secondary N) is 1. The van der Waals surface area contributed by atoms with E-state index in [4.69, 9.17) is 0 Å². The summed E-state index contributed by atoms with van der Waals surface area (Å²) >= 11 is 0.